The van der Waals surface area contributed by atoms with Gasteiger partial charge in [-0.25, -0.2) is 4.98 Å². The predicted octanol–water partition coefficient (Wildman–Crippen LogP) is 7.00. The van der Waals surface area contributed by atoms with Crippen molar-refractivity contribution in [3.05, 3.63) is 71.5 Å². The van der Waals surface area contributed by atoms with E-state index in [0.29, 0.717) is 0 Å². The average molecular weight is 467 g/mol. The number of aromatic amines is 1. The molecule has 3 heterocycles. The molecule has 1 N–H and O–H groups in total. The van der Waals surface area contributed by atoms with E-state index in [1.165, 1.54) is 69.3 Å². The summed E-state index contributed by atoms with van der Waals surface area (Å²) in [6.07, 6.45) is 9.09. The Labute approximate surface area is 210 Å². The number of hydrogen-bond acceptors (Lipinski definition) is 3. The fraction of sp³-hybridized carbons (Fsp3) is 0.387. The van der Waals surface area contributed by atoms with Gasteiger partial charge < -0.3 is 14.8 Å². The Morgan fingerprint density at radius 3 is 2.26 bits per heavy atom. The molecular weight excluding hydrogens is 428 g/mol. The Morgan fingerprint density at radius 1 is 0.857 bits per heavy atom. The Kier molecular flexibility index (Phi) is 6.92. The summed E-state index contributed by atoms with van der Waals surface area (Å²) >= 11 is 0. The molecule has 0 amide bonds. The third-order valence-corrected chi connectivity index (χ3v) is 7.51. The minimum Gasteiger partial charge on any atom is -0.369 e. The van der Waals surface area contributed by atoms with Crippen LogP contribution in [0.2, 0.25) is 0 Å². The maximum Gasteiger partial charge on any atom is 0.137 e. The molecule has 0 radical (unpaired) electrons. The van der Waals surface area contributed by atoms with Gasteiger partial charge in [0.05, 0.1) is 0 Å². The normalized spacial score (nSPS) is 14.7. The zero-order valence-electron chi connectivity index (χ0n) is 21.7. The highest BCUT2D eigenvalue weighted by Crippen LogP contribution is 2.35. The fourth-order valence-corrected chi connectivity index (χ4v) is 5.48. The van der Waals surface area contributed by atoms with Crippen molar-refractivity contribution in [2.45, 2.75) is 46.5 Å². The maximum atomic E-state index is 4.78. The standard InChI is InChI=1S/C31H38N4/c1-5-6-7-8-24-9-11-25(12-10-24)29-21-33-31-28(29)19-27(20-32-31)26-17-22(2)30(23(3)18-26)35-15-13-34(4)14-16-35/h9-12,17-21H,5-8,13-16H2,1-4H3,(H,32,33). The average Bonchev–Trinajstić information content (AvgIpc) is 3.29. The second-order valence-electron chi connectivity index (χ2n) is 10.2. The van der Waals surface area contributed by atoms with Gasteiger partial charge in [0.2, 0.25) is 0 Å². The minimum absolute atomic E-state index is 0.943. The molecule has 1 fully saturated rings. The van der Waals surface area contributed by atoms with Gasteiger partial charge in [-0.2, -0.15) is 0 Å². The summed E-state index contributed by atoms with van der Waals surface area (Å²) in [4.78, 5) is 13.1. The molecule has 4 nitrogen and oxygen atoms in total. The van der Waals surface area contributed by atoms with Gasteiger partial charge in [0.15, 0.2) is 0 Å². The van der Waals surface area contributed by atoms with Crippen LogP contribution in [0.5, 0.6) is 0 Å². The van der Waals surface area contributed by atoms with Crippen molar-refractivity contribution < 1.29 is 0 Å². The lowest BCUT2D eigenvalue weighted by Crippen LogP contribution is -2.45. The quantitative estimate of drug-likeness (QED) is 0.298. The van der Waals surface area contributed by atoms with Crippen LogP contribution in [0.4, 0.5) is 5.69 Å². The number of H-pyrrole nitrogens is 1. The summed E-state index contributed by atoms with van der Waals surface area (Å²) in [5, 5.41) is 1.18. The number of likely N-dealkylation sites (N-methyl/N-ethyl adjacent to an activating group) is 1. The molecule has 5 rings (SSSR count). The Bertz CT molecular complexity index is 1270. The molecule has 0 spiro atoms. The number of piperazine rings is 1. The number of benzene rings is 2. The second kappa shape index (κ2) is 10.2. The minimum atomic E-state index is 0.943. The summed E-state index contributed by atoms with van der Waals surface area (Å²) in [6.45, 7) is 11.2. The molecular formula is C31H38N4. The van der Waals surface area contributed by atoms with Crippen LogP contribution in [-0.4, -0.2) is 48.1 Å². The van der Waals surface area contributed by atoms with Crippen LogP contribution < -0.4 is 4.90 Å². The lowest BCUT2D eigenvalue weighted by atomic mass is 9.97. The number of unbranched alkanes of at least 4 members (excludes halogenated alkanes) is 2. The molecule has 2 aromatic heterocycles. The van der Waals surface area contributed by atoms with Crippen LogP contribution in [0, 0.1) is 13.8 Å². The third kappa shape index (κ3) is 4.99. The Balaban J connectivity index is 1.44. The number of nitrogens with one attached hydrogen (secondary N) is 1. The van der Waals surface area contributed by atoms with Crippen molar-refractivity contribution >= 4 is 16.7 Å². The van der Waals surface area contributed by atoms with Gasteiger partial charge in [0.1, 0.15) is 5.65 Å². The molecule has 2 aromatic carbocycles. The topological polar surface area (TPSA) is 35.2 Å². The first-order valence-electron chi connectivity index (χ1n) is 13.1. The molecule has 0 aliphatic carbocycles. The van der Waals surface area contributed by atoms with E-state index in [2.05, 4.69) is 91.3 Å². The highest BCUT2D eigenvalue weighted by atomic mass is 15.2. The smallest absolute Gasteiger partial charge is 0.137 e. The van der Waals surface area contributed by atoms with Crippen molar-refractivity contribution in [2.75, 3.05) is 38.1 Å². The molecule has 1 aliphatic rings. The first-order chi connectivity index (χ1) is 17.0. The number of pyridine rings is 1. The largest absolute Gasteiger partial charge is 0.369 e. The van der Waals surface area contributed by atoms with Crippen LogP contribution in [-0.2, 0) is 6.42 Å². The zero-order valence-corrected chi connectivity index (χ0v) is 21.7. The predicted molar refractivity (Wildman–Crippen MR) is 149 cm³/mol. The molecule has 4 heteroatoms. The highest BCUT2D eigenvalue weighted by molar-refractivity contribution is 5.96. The van der Waals surface area contributed by atoms with Gasteiger partial charge in [0.25, 0.3) is 0 Å². The van der Waals surface area contributed by atoms with E-state index in [1.54, 1.807) is 0 Å². The Hall–Kier alpha value is -3.11. The zero-order chi connectivity index (χ0) is 24.4. The number of rotatable bonds is 7. The number of aryl methyl sites for hydroxylation is 3. The Morgan fingerprint density at radius 2 is 1.57 bits per heavy atom. The highest BCUT2D eigenvalue weighted by Gasteiger charge is 2.19. The number of nitrogens with zero attached hydrogens (tertiary/aromatic N) is 3. The van der Waals surface area contributed by atoms with Gasteiger partial charge >= 0.3 is 0 Å². The lowest BCUT2D eigenvalue weighted by Gasteiger charge is -2.36. The maximum absolute atomic E-state index is 4.78. The van der Waals surface area contributed by atoms with Gasteiger partial charge in [0, 0.05) is 60.8 Å². The van der Waals surface area contributed by atoms with E-state index in [9.17, 15) is 0 Å². The van der Waals surface area contributed by atoms with Gasteiger partial charge in [-0.15, -0.1) is 0 Å². The summed E-state index contributed by atoms with van der Waals surface area (Å²) in [5.41, 5.74) is 11.3. The van der Waals surface area contributed by atoms with Crippen LogP contribution in [0.3, 0.4) is 0 Å². The second-order valence-corrected chi connectivity index (χ2v) is 10.2. The van der Waals surface area contributed by atoms with Crippen LogP contribution in [0.15, 0.2) is 54.9 Å². The molecule has 0 saturated carbocycles. The van der Waals surface area contributed by atoms with Crippen molar-refractivity contribution in [3.63, 3.8) is 0 Å². The van der Waals surface area contributed by atoms with E-state index in [1.807, 2.05) is 6.20 Å². The van der Waals surface area contributed by atoms with E-state index in [0.717, 1.165) is 38.2 Å². The molecule has 35 heavy (non-hydrogen) atoms. The third-order valence-electron chi connectivity index (χ3n) is 7.51. The van der Waals surface area contributed by atoms with Gasteiger partial charge in [-0.3, -0.25) is 0 Å². The molecule has 0 unspecified atom stereocenters. The monoisotopic (exact) mass is 466 g/mol. The summed E-state index contributed by atoms with van der Waals surface area (Å²) < 4.78 is 0. The van der Waals surface area contributed by atoms with Gasteiger partial charge in [-0.1, -0.05) is 44.0 Å². The van der Waals surface area contributed by atoms with Crippen LogP contribution >= 0.6 is 0 Å². The van der Waals surface area contributed by atoms with Crippen molar-refractivity contribution in [3.8, 4) is 22.3 Å². The molecule has 182 valence electrons. The van der Waals surface area contributed by atoms with Crippen molar-refractivity contribution in [1.29, 1.82) is 0 Å². The van der Waals surface area contributed by atoms with Crippen LogP contribution in [0.25, 0.3) is 33.3 Å². The van der Waals surface area contributed by atoms with Gasteiger partial charge in [-0.05, 0) is 79.8 Å². The number of fused-ring (bicyclic) bond motifs is 1. The molecule has 4 aromatic rings. The van der Waals surface area contributed by atoms with E-state index >= 15 is 0 Å². The molecule has 0 bridgehead atoms. The number of anilines is 1. The van der Waals surface area contributed by atoms with Crippen molar-refractivity contribution in [2.24, 2.45) is 0 Å². The summed E-state index contributed by atoms with van der Waals surface area (Å²) in [5.74, 6) is 0. The number of aromatic nitrogens is 2. The lowest BCUT2D eigenvalue weighted by molar-refractivity contribution is 0.312. The van der Waals surface area contributed by atoms with E-state index in [-0.39, 0.29) is 0 Å². The summed E-state index contributed by atoms with van der Waals surface area (Å²) in [7, 11) is 2.21. The van der Waals surface area contributed by atoms with E-state index in [4.69, 9.17) is 4.98 Å². The SMILES string of the molecule is CCCCCc1ccc(-c2c[nH]c3ncc(-c4cc(C)c(N5CCN(C)CC5)c(C)c4)cc23)cc1. The van der Waals surface area contributed by atoms with Crippen molar-refractivity contribution in [1.82, 2.24) is 14.9 Å². The molecule has 0 atom stereocenters. The number of hydrogen-bond donors (Lipinski definition) is 1. The fourth-order valence-electron chi connectivity index (χ4n) is 5.48. The first kappa shape index (κ1) is 23.6. The summed E-state index contributed by atoms with van der Waals surface area (Å²) in [6, 6.07) is 16.1. The van der Waals surface area contributed by atoms with Crippen LogP contribution in [0.1, 0.15) is 42.9 Å². The van der Waals surface area contributed by atoms with E-state index < -0.39 is 0 Å². The molecule has 1 saturated heterocycles. The first-order valence-corrected chi connectivity index (χ1v) is 13.1. The molecule has 1 aliphatic heterocycles.